The smallest absolute Gasteiger partial charge is 0.130 e. The summed E-state index contributed by atoms with van der Waals surface area (Å²) in [4.78, 5) is 0. The maximum absolute atomic E-state index is 5.93. The van der Waals surface area contributed by atoms with Crippen LogP contribution in [-0.2, 0) is 6.54 Å². The number of hydrogen-bond acceptors (Lipinski definition) is 2. The van der Waals surface area contributed by atoms with E-state index in [1.807, 2.05) is 30.3 Å². The molecule has 0 atom stereocenters. The van der Waals surface area contributed by atoms with E-state index in [2.05, 4.69) is 37.4 Å². The third-order valence-electron chi connectivity index (χ3n) is 2.98. The second-order valence-electron chi connectivity index (χ2n) is 4.69. The van der Waals surface area contributed by atoms with Crippen molar-refractivity contribution in [3.63, 3.8) is 0 Å². The van der Waals surface area contributed by atoms with E-state index in [4.69, 9.17) is 4.74 Å². The Balaban J connectivity index is 2.09. The first-order chi connectivity index (χ1) is 9.29. The van der Waals surface area contributed by atoms with Crippen LogP contribution >= 0.6 is 0 Å². The highest BCUT2D eigenvalue weighted by atomic mass is 16.5. The maximum atomic E-state index is 5.93. The van der Waals surface area contributed by atoms with Crippen molar-refractivity contribution in [2.24, 2.45) is 0 Å². The summed E-state index contributed by atoms with van der Waals surface area (Å²) in [5.74, 6) is 1.81. The van der Waals surface area contributed by atoms with Crippen LogP contribution in [0.1, 0.15) is 24.5 Å². The summed E-state index contributed by atoms with van der Waals surface area (Å²) in [6.07, 6.45) is 1.15. The average molecular weight is 255 g/mol. The molecule has 0 saturated heterocycles. The van der Waals surface area contributed by atoms with Crippen molar-refractivity contribution in [2.75, 3.05) is 6.54 Å². The lowest BCUT2D eigenvalue weighted by Gasteiger charge is -2.11. The van der Waals surface area contributed by atoms with Crippen LogP contribution in [0.5, 0.6) is 11.5 Å². The highest BCUT2D eigenvalue weighted by Gasteiger charge is 2.03. The molecule has 1 N–H and O–H groups in total. The van der Waals surface area contributed by atoms with Gasteiger partial charge in [-0.1, -0.05) is 37.3 Å². The molecule has 100 valence electrons. The lowest BCUT2D eigenvalue weighted by atomic mass is 10.1. The SMILES string of the molecule is CCCNCc1ccc(C)c(Oc2ccccc2)c1. The minimum Gasteiger partial charge on any atom is -0.457 e. The number of aryl methyl sites for hydroxylation is 1. The second-order valence-corrected chi connectivity index (χ2v) is 4.69. The number of rotatable bonds is 6. The molecule has 0 amide bonds. The fourth-order valence-corrected chi connectivity index (χ4v) is 1.89. The molecule has 2 heteroatoms. The van der Waals surface area contributed by atoms with Crippen LogP contribution in [0.3, 0.4) is 0 Å². The van der Waals surface area contributed by atoms with Crippen LogP contribution < -0.4 is 10.1 Å². The molecule has 0 saturated carbocycles. The van der Waals surface area contributed by atoms with Gasteiger partial charge in [0.1, 0.15) is 11.5 Å². The molecule has 0 aliphatic rings. The number of para-hydroxylation sites is 1. The predicted octanol–water partition coefficient (Wildman–Crippen LogP) is 4.29. The van der Waals surface area contributed by atoms with Gasteiger partial charge in [0.2, 0.25) is 0 Å². The van der Waals surface area contributed by atoms with Crippen LogP contribution in [0.2, 0.25) is 0 Å². The van der Waals surface area contributed by atoms with E-state index in [0.717, 1.165) is 36.6 Å². The molecule has 0 unspecified atom stereocenters. The third kappa shape index (κ3) is 4.11. The highest BCUT2D eigenvalue weighted by Crippen LogP contribution is 2.25. The summed E-state index contributed by atoms with van der Waals surface area (Å²) in [5, 5.41) is 3.41. The van der Waals surface area contributed by atoms with Gasteiger partial charge in [0.25, 0.3) is 0 Å². The van der Waals surface area contributed by atoms with Gasteiger partial charge in [-0.15, -0.1) is 0 Å². The first kappa shape index (κ1) is 13.6. The van der Waals surface area contributed by atoms with Gasteiger partial charge in [0.05, 0.1) is 0 Å². The molecule has 2 aromatic carbocycles. The van der Waals surface area contributed by atoms with Crippen molar-refractivity contribution in [3.8, 4) is 11.5 Å². The quantitative estimate of drug-likeness (QED) is 0.778. The molecular weight excluding hydrogens is 234 g/mol. The molecule has 0 heterocycles. The summed E-state index contributed by atoms with van der Waals surface area (Å²) in [7, 11) is 0. The molecule has 0 aliphatic carbocycles. The van der Waals surface area contributed by atoms with E-state index >= 15 is 0 Å². The Morgan fingerprint density at radius 3 is 2.58 bits per heavy atom. The van der Waals surface area contributed by atoms with Crippen LogP contribution in [0, 0.1) is 6.92 Å². The Morgan fingerprint density at radius 2 is 1.84 bits per heavy atom. The van der Waals surface area contributed by atoms with Gasteiger partial charge >= 0.3 is 0 Å². The van der Waals surface area contributed by atoms with E-state index in [-0.39, 0.29) is 0 Å². The second kappa shape index (κ2) is 6.95. The van der Waals surface area contributed by atoms with Gasteiger partial charge in [-0.05, 0) is 49.2 Å². The van der Waals surface area contributed by atoms with E-state index in [9.17, 15) is 0 Å². The lowest BCUT2D eigenvalue weighted by molar-refractivity contribution is 0.477. The lowest BCUT2D eigenvalue weighted by Crippen LogP contribution is -2.13. The van der Waals surface area contributed by atoms with Crippen LogP contribution in [0.15, 0.2) is 48.5 Å². The van der Waals surface area contributed by atoms with Crippen molar-refractivity contribution < 1.29 is 4.74 Å². The number of nitrogens with one attached hydrogen (secondary N) is 1. The van der Waals surface area contributed by atoms with Crippen molar-refractivity contribution >= 4 is 0 Å². The molecule has 19 heavy (non-hydrogen) atoms. The van der Waals surface area contributed by atoms with Gasteiger partial charge in [-0.2, -0.15) is 0 Å². The van der Waals surface area contributed by atoms with Crippen LogP contribution in [-0.4, -0.2) is 6.54 Å². The molecular formula is C17H21NO. The molecule has 2 nitrogen and oxygen atoms in total. The van der Waals surface area contributed by atoms with Gasteiger partial charge < -0.3 is 10.1 Å². The zero-order chi connectivity index (χ0) is 13.5. The summed E-state index contributed by atoms with van der Waals surface area (Å²) < 4.78 is 5.93. The standard InChI is InChI=1S/C17H21NO/c1-3-11-18-13-15-10-9-14(2)17(12-15)19-16-7-5-4-6-8-16/h4-10,12,18H,3,11,13H2,1-2H3. The Kier molecular flexibility index (Phi) is 4.99. The third-order valence-corrected chi connectivity index (χ3v) is 2.98. The molecule has 0 spiro atoms. The summed E-state index contributed by atoms with van der Waals surface area (Å²) >= 11 is 0. The summed E-state index contributed by atoms with van der Waals surface area (Å²) in [6.45, 7) is 6.18. The molecule has 0 radical (unpaired) electrons. The normalized spacial score (nSPS) is 10.4. The minimum atomic E-state index is 0.879. The van der Waals surface area contributed by atoms with Crippen LogP contribution in [0.25, 0.3) is 0 Å². The average Bonchev–Trinajstić information content (AvgIpc) is 2.44. The Morgan fingerprint density at radius 1 is 1.05 bits per heavy atom. The largest absolute Gasteiger partial charge is 0.457 e. The number of ether oxygens (including phenoxy) is 1. The maximum Gasteiger partial charge on any atom is 0.130 e. The molecule has 2 aromatic rings. The van der Waals surface area contributed by atoms with E-state index in [1.54, 1.807) is 0 Å². The molecule has 0 fully saturated rings. The summed E-state index contributed by atoms with van der Waals surface area (Å²) in [6, 6.07) is 16.3. The van der Waals surface area contributed by atoms with Crippen molar-refractivity contribution in [1.82, 2.24) is 5.32 Å². The fraction of sp³-hybridized carbons (Fsp3) is 0.294. The first-order valence-corrected chi connectivity index (χ1v) is 6.82. The van der Waals surface area contributed by atoms with Crippen molar-refractivity contribution in [2.45, 2.75) is 26.8 Å². The van der Waals surface area contributed by atoms with Gasteiger partial charge in [-0.25, -0.2) is 0 Å². The van der Waals surface area contributed by atoms with Crippen molar-refractivity contribution in [3.05, 3.63) is 59.7 Å². The van der Waals surface area contributed by atoms with Gasteiger partial charge in [0.15, 0.2) is 0 Å². The monoisotopic (exact) mass is 255 g/mol. The molecule has 0 aliphatic heterocycles. The van der Waals surface area contributed by atoms with Gasteiger partial charge in [0, 0.05) is 6.54 Å². The topological polar surface area (TPSA) is 21.3 Å². The number of benzene rings is 2. The predicted molar refractivity (Wildman–Crippen MR) is 79.7 cm³/mol. The molecule has 2 rings (SSSR count). The molecule has 0 bridgehead atoms. The van der Waals surface area contributed by atoms with E-state index in [1.165, 1.54) is 5.56 Å². The Bertz CT molecular complexity index is 508. The Labute approximate surface area is 115 Å². The zero-order valence-electron chi connectivity index (χ0n) is 11.6. The fourth-order valence-electron chi connectivity index (χ4n) is 1.89. The van der Waals surface area contributed by atoms with Gasteiger partial charge in [-0.3, -0.25) is 0 Å². The Hall–Kier alpha value is -1.80. The van der Waals surface area contributed by atoms with E-state index in [0.29, 0.717) is 0 Å². The van der Waals surface area contributed by atoms with Crippen molar-refractivity contribution in [1.29, 1.82) is 0 Å². The van der Waals surface area contributed by atoms with E-state index < -0.39 is 0 Å². The molecule has 0 aromatic heterocycles. The number of hydrogen-bond donors (Lipinski definition) is 1. The first-order valence-electron chi connectivity index (χ1n) is 6.82. The van der Waals surface area contributed by atoms with Crippen LogP contribution in [0.4, 0.5) is 0 Å². The zero-order valence-corrected chi connectivity index (χ0v) is 11.6. The highest BCUT2D eigenvalue weighted by molar-refractivity contribution is 5.40. The summed E-state index contributed by atoms with van der Waals surface area (Å²) in [5.41, 5.74) is 2.41. The minimum absolute atomic E-state index is 0.879.